The number of benzene rings is 2. The maximum absolute atomic E-state index is 12.2. The second-order valence-electron chi connectivity index (χ2n) is 4.71. The van der Waals surface area contributed by atoms with Crippen LogP contribution in [-0.4, -0.2) is 6.36 Å². The highest BCUT2D eigenvalue weighted by atomic mass is 19.4. The molecule has 0 N–H and O–H groups in total. The zero-order valence-corrected chi connectivity index (χ0v) is 11.0. The molecule has 0 saturated carbocycles. The summed E-state index contributed by atoms with van der Waals surface area (Å²) in [4.78, 5) is 0. The third-order valence-corrected chi connectivity index (χ3v) is 3.04. The van der Waals surface area contributed by atoms with Gasteiger partial charge in [-0.15, -0.1) is 13.2 Å². The molecule has 0 spiro atoms. The molecule has 0 aromatic heterocycles. The molecule has 0 heterocycles. The molecule has 0 saturated heterocycles. The van der Waals surface area contributed by atoms with Gasteiger partial charge >= 0.3 is 6.36 Å². The van der Waals surface area contributed by atoms with E-state index < -0.39 is 6.36 Å². The number of hydrogen-bond acceptors (Lipinski definition) is 1. The van der Waals surface area contributed by atoms with Crippen LogP contribution in [0, 0.1) is 0 Å². The molecular formula is C16H15F3O. The quantitative estimate of drug-likeness (QED) is 0.771. The monoisotopic (exact) mass is 280 g/mol. The van der Waals surface area contributed by atoms with Gasteiger partial charge in [0.25, 0.3) is 0 Å². The summed E-state index contributed by atoms with van der Waals surface area (Å²) in [7, 11) is 0. The summed E-state index contributed by atoms with van der Waals surface area (Å²) in [5, 5.41) is 0. The lowest BCUT2D eigenvalue weighted by molar-refractivity contribution is -0.274. The van der Waals surface area contributed by atoms with Crippen molar-refractivity contribution in [2.75, 3.05) is 0 Å². The first-order valence-corrected chi connectivity index (χ1v) is 6.34. The van der Waals surface area contributed by atoms with Gasteiger partial charge in [0.1, 0.15) is 5.75 Å². The Morgan fingerprint density at radius 1 is 1.00 bits per heavy atom. The Kier molecular flexibility index (Phi) is 4.32. The van der Waals surface area contributed by atoms with Crippen LogP contribution in [0.15, 0.2) is 54.6 Å². The van der Waals surface area contributed by atoms with Crippen LogP contribution in [0.5, 0.6) is 5.75 Å². The Hall–Kier alpha value is -1.97. The molecule has 0 radical (unpaired) electrons. The van der Waals surface area contributed by atoms with E-state index in [0.717, 1.165) is 11.1 Å². The Balaban J connectivity index is 2.08. The zero-order chi connectivity index (χ0) is 14.6. The van der Waals surface area contributed by atoms with Crippen molar-refractivity contribution in [3.05, 3.63) is 65.7 Å². The number of rotatable bonds is 4. The van der Waals surface area contributed by atoms with Gasteiger partial charge in [0, 0.05) is 0 Å². The van der Waals surface area contributed by atoms with Gasteiger partial charge in [0.15, 0.2) is 0 Å². The van der Waals surface area contributed by atoms with Gasteiger partial charge < -0.3 is 4.74 Å². The van der Waals surface area contributed by atoms with E-state index in [-0.39, 0.29) is 11.7 Å². The summed E-state index contributed by atoms with van der Waals surface area (Å²) in [6.07, 6.45) is -3.98. The molecule has 20 heavy (non-hydrogen) atoms. The molecule has 2 rings (SSSR count). The van der Waals surface area contributed by atoms with Gasteiger partial charge in [-0.25, -0.2) is 0 Å². The van der Waals surface area contributed by atoms with Crippen molar-refractivity contribution >= 4 is 0 Å². The minimum atomic E-state index is -4.65. The second-order valence-corrected chi connectivity index (χ2v) is 4.71. The van der Waals surface area contributed by atoms with Crippen LogP contribution in [0.4, 0.5) is 13.2 Å². The molecule has 1 nitrogen and oxygen atoms in total. The van der Waals surface area contributed by atoms with E-state index in [9.17, 15) is 13.2 Å². The van der Waals surface area contributed by atoms with E-state index >= 15 is 0 Å². The van der Waals surface area contributed by atoms with E-state index in [1.165, 1.54) is 12.1 Å². The van der Waals surface area contributed by atoms with Crippen molar-refractivity contribution in [2.24, 2.45) is 0 Å². The summed E-state index contributed by atoms with van der Waals surface area (Å²) in [6.45, 7) is 2.05. The van der Waals surface area contributed by atoms with Crippen molar-refractivity contribution in [3.63, 3.8) is 0 Å². The topological polar surface area (TPSA) is 9.23 Å². The van der Waals surface area contributed by atoms with E-state index in [1.807, 2.05) is 43.3 Å². The first kappa shape index (κ1) is 14.4. The Morgan fingerprint density at radius 3 is 2.35 bits per heavy atom. The van der Waals surface area contributed by atoms with Crippen molar-refractivity contribution in [1.82, 2.24) is 0 Å². The number of alkyl halides is 3. The number of halogens is 3. The number of ether oxygens (including phenoxy) is 1. The first-order chi connectivity index (χ1) is 9.44. The Labute approximate surface area is 116 Å². The highest BCUT2D eigenvalue weighted by Gasteiger charge is 2.31. The van der Waals surface area contributed by atoms with Crippen LogP contribution in [0.2, 0.25) is 0 Å². The second kappa shape index (κ2) is 5.99. The zero-order valence-electron chi connectivity index (χ0n) is 11.0. The standard InChI is InChI=1S/C16H15F3O/c1-12(14-7-3-2-4-8-14)10-13-6-5-9-15(11-13)20-16(17,18)19/h2-9,11-12H,10H2,1H3. The molecule has 4 heteroatoms. The smallest absolute Gasteiger partial charge is 0.406 e. The highest BCUT2D eigenvalue weighted by Crippen LogP contribution is 2.26. The fraction of sp³-hybridized carbons (Fsp3) is 0.250. The maximum atomic E-state index is 12.2. The minimum absolute atomic E-state index is 0.171. The van der Waals surface area contributed by atoms with Crippen LogP contribution in [0.1, 0.15) is 24.0 Å². The molecule has 106 valence electrons. The molecular weight excluding hydrogens is 265 g/mol. The van der Waals surface area contributed by atoms with Gasteiger partial charge in [-0.3, -0.25) is 0 Å². The Bertz CT molecular complexity index is 549. The lowest BCUT2D eigenvalue weighted by Gasteiger charge is -2.13. The van der Waals surface area contributed by atoms with Gasteiger partial charge in [0.05, 0.1) is 0 Å². The molecule has 2 aromatic carbocycles. The number of hydrogen-bond donors (Lipinski definition) is 0. The lowest BCUT2D eigenvalue weighted by atomic mass is 9.94. The molecule has 1 atom stereocenters. The Morgan fingerprint density at radius 2 is 1.70 bits per heavy atom. The average Bonchev–Trinajstić information content (AvgIpc) is 2.38. The van der Waals surface area contributed by atoms with Crippen LogP contribution in [-0.2, 0) is 6.42 Å². The van der Waals surface area contributed by atoms with Gasteiger partial charge in [-0.05, 0) is 35.6 Å². The minimum Gasteiger partial charge on any atom is -0.406 e. The summed E-state index contributed by atoms with van der Waals surface area (Å²) in [5.74, 6) is 0.0626. The summed E-state index contributed by atoms with van der Waals surface area (Å²) >= 11 is 0. The van der Waals surface area contributed by atoms with Gasteiger partial charge in [0.2, 0.25) is 0 Å². The van der Waals surface area contributed by atoms with Crippen LogP contribution >= 0.6 is 0 Å². The fourth-order valence-electron chi connectivity index (χ4n) is 2.12. The van der Waals surface area contributed by atoms with Crippen LogP contribution in [0.25, 0.3) is 0 Å². The third kappa shape index (κ3) is 4.30. The van der Waals surface area contributed by atoms with E-state index in [1.54, 1.807) is 6.07 Å². The lowest BCUT2D eigenvalue weighted by Crippen LogP contribution is -2.17. The molecule has 0 bridgehead atoms. The largest absolute Gasteiger partial charge is 0.573 e. The predicted molar refractivity (Wildman–Crippen MR) is 71.7 cm³/mol. The average molecular weight is 280 g/mol. The maximum Gasteiger partial charge on any atom is 0.573 e. The van der Waals surface area contributed by atoms with Gasteiger partial charge in [-0.1, -0.05) is 49.4 Å². The van der Waals surface area contributed by atoms with Crippen LogP contribution in [0.3, 0.4) is 0 Å². The van der Waals surface area contributed by atoms with E-state index in [4.69, 9.17) is 0 Å². The highest BCUT2D eigenvalue weighted by molar-refractivity contribution is 5.30. The predicted octanol–water partition coefficient (Wildman–Crippen LogP) is 4.93. The van der Waals surface area contributed by atoms with Crippen molar-refractivity contribution in [2.45, 2.75) is 25.6 Å². The molecule has 0 aliphatic heterocycles. The summed E-state index contributed by atoms with van der Waals surface area (Å²) in [6, 6.07) is 16.0. The van der Waals surface area contributed by atoms with Crippen molar-refractivity contribution in [1.29, 1.82) is 0 Å². The van der Waals surface area contributed by atoms with Crippen molar-refractivity contribution < 1.29 is 17.9 Å². The molecule has 1 unspecified atom stereocenters. The van der Waals surface area contributed by atoms with E-state index in [2.05, 4.69) is 4.74 Å². The molecule has 0 amide bonds. The molecule has 0 aliphatic rings. The van der Waals surface area contributed by atoms with Gasteiger partial charge in [-0.2, -0.15) is 0 Å². The summed E-state index contributed by atoms with van der Waals surface area (Å²) < 4.78 is 40.5. The first-order valence-electron chi connectivity index (χ1n) is 6.34. The van der Waals surface area contributed by atoms with Crippen molar-refractivity contribution in [3.8, 4) is 5.75 Å². The SMILES string of the molecule is CC(Cc1cccc(OC(F)(F)F)c1)c1ccccc1. The van der Waals surface area contributed by atoms with Crippen LogP contribution < -0.4 is 4.74 Å². The van der Waals surface area contributed by atoms with E-state index in [0.29, 0.717) is 6.42 Å². The normalized spacial score (nSPS) is 13.0. The molecule has 0 fully saturated rings. The third-order valence-electron chi connectivity index (χ3n) is 3.04. The molecule has 0 aliphatic carbocycles. The fourth-order valence-corrected chi connectivity index (χ4v) is 2.12. The summed E-state index contributed by atoms with van der Waals surface area (Å²) in [5.41, 5.74) is 1.98. The molecule has 2 aromatic rings.